The molecule has 3 rings (SSSR count). The molecule has 0 bridgehead atoms. The van der Waals surface area contributed by atoms with Gasteiger partial charge >= 0.3 is 0 Å². The molecular formula is C17H21N3OS2. The molecule has 0 aliphatic heterocycles. The van der Waals surface area contributed by atoms with Crippen LogP contribution in [0.1, 0.15) is 30.8 Å². The molecule has 23 heavy (non-hydrogen) atoms. The van der Waals surface area contributed by atoms with Crippen LogP contribution in [0.3, 0.4) is 0 Å². The second-order valence-electron chi connectivity index (χ2n) is 5.77. The van der Waals surface area contributed by atoms with Crippen LogP contribution in [-0.4, -0.2) is 16.7 Å². The summed E-state index contributed by atoms with van der Waals surface area (Å²) in [5, 5.41) is 7.82. The van der Waals surface area contributed by atoms with Gasteiger partial charge in [0.25, 0.3) is 0 Å². The molecule has 1 aromatic heterocycles. The van der Waals surface area contributed by atoms with Crippen LogP contribution in [0.25, 0.3) is 0 Å². The average molecular weight is 348 g/mol. The van der Waals surface area contributed by atoms with Gasteiger partial charge in [-0.2, -0.15) is 0 Å². The average Bonchev–Trinajstić information content (AvgIpc) is 2.90. The minimum absolute atomic E-state index is 0.563. The summed E-state index contributed by atoms with van der Waals surface area (Å²) in [7, 11) is 0. The summed E-state index contributed by atoms with van der Waals surface area (Å²) in [6.45, 7) is 4.94. The SMILES string of the molecule is CCOc1ccc(NC(=S)Nc2nc3c(s2)CC(C)CC3)cc1. The second kappa shape index (κ2) is 7.27. The first-order chi connectivity index (χ1) is 11.1. The second-order valence-corrected chi connectivity index (χ2v) is 7.27. The summed E-state index contributed by atoms with van der Waals surface area (Å²) in [4.78, 5) is 6.06. The number of nitrogens with zero attached hydrogens (tertiary/aromatic N) is 1. The Morgan fingerprint density at radius 2 is 2.13 bits per heavy atom. The Hall–Kier alpha value is -1.66. The summed E-state index contributed by atoms with van der Waals surface area (Å²) in [6.07, 6.45) is 3.44. The van der Waals surface area contributed by atoms with Crippen LogP contribution in [-0.2, 0) is 12.8 Å². The number of thiazole rings is 1. The van der Waals surface area contributed by atoms with E-state index in [0.717, 1.165) is 35.3 Å². The van der Waals surface area contributed by atoms with Crippen LogP contribution in [0.5, 0.6) is 5.75 Å². The molecule has 1 aromatic carbocycles. The van der Waals surface area contributed by atoms with E-state index in [1.54, 1.807) is 11.3 Å². The number of aryl methyl sites for hydroxylation is 1. The maximum Gasteiger partial charge on any atom is 0.189 e. The van der Waals surface area contributed by atoms with Gasteiger partial charge < -0.3 is 15.4 Å². The van der Waals surface area contributed by atoms with Gasteiger partial charge in [-0.25, -0.2) is 4.98 Å². The highest BCUT2D eigenvalue weighted by molar-refractivity contribution is 7.80. The van der Waals surface area contributed by atoms with Crippen molar-refractivity contribution < 1.29 is 4.74 Å². The smallest absolute Gasteiger partial charge is 0.189 e. The molecule has 0 fully saturated rings. The first-order valence-corrected chi connectivity index (χ1v) is 9.16. The number of hydrogen-bond acceptors (Lipinski definition) is 4. The minimum atomic E-state index is 0.563. The molecule has 0 amide bonds. The summed E-state index contributed by atoms with van der Waals surface area (Å²) in [6, 6.07) is 7.76. The molecule has 2 aromatic rings. The number of benzene rings is 1. The summed E-state index contributed by atoms with van der Waals surface area (Å²) >= 11 is 7.10. The van der Waals surface area contributed by atoms with Crippen molar-refractivity contribution in [1.82, 2.24) is 4.98 Å². The molecule has 0 saturated carbocycles. The quantitative estimate of drug-likeness (QED) is 0.799. The van der Waals surface area contributed by atoms with E-state index in [1.807, 2.05) is 31.2 Å². The van der Waals surface area contributed by atoms with E-state index in [0.29, 0.717) is 11.7 Å². The lowest BCUT2D eigenvalue weighted by Crippen LogP contribution is -2.18. The lowest BCUT2D eigenvalue weighted by atomic mass is 9.93. The zero-order chi connectivity index (χ0) is 16.2. The summed E-state index contributed by atoms with van der Waals surface area (Å²) in [5.74, 6) is 1.61. The van der Waals surface area contributed by atoms with Crippen LogP contribution in [0, 0.1) is 5.92 Å². The highest BCUT2D eigenvalue weighted by Gasteiger charge is 2.19. The van der Waals surface area contributed by atoms with E-state index >= 15 is 0 Å². The molecule has 1 unspecified atom stereocenters. The normalized spacial score (nSPS) is 16.5. The number of hydrogen-bond donors (Lipinski definition) is 2. The van der Waals surface area contributed by atoms with Crippen LogP contribution in [0.4, 0.5) is 10.8 Å². The van der Waals surface area contributed by atoms with Gasteiger partial charge in [0.1, 0.15) is 5.75 Å². The monoisotopic (exact) mass is 347 g/mol. The minimum Gasteiger partial charge on any atom is -0.494 e. The summed E-state index contributed by atoms with van der Waals surface area (Å²) < 4.78 is 5.43. The Morgan fingerprint density at radius 3 is 2.87 bits per heavy atom. The van der Waals surface area contributed by atoms with E-state index < -0.39 is 0 Å². The molecule has 122 valence electrons. The topological polar surface area (TPSA) is 46.2 Å². The summed E-state index contributed by atoms with van der Waals surface area (Å²) in [5.41, 5.74) is 2.17. The van der Waals surface area contributed by atoms with E-state index in [2.05, 4.69) is 22.5 Å². The first kappa shape index (κ1) is 16.2. The molecule has 1 heterocycles. The van der Waals surface area contributed by atoms with Crippen molar-refractivity contribution >= 4 is 39.5 Å². The largest absolute Gasteiger partial charge is 0.494 e. The molecule has 0 radical (unpaired) electrons. The fraction of sp³-hybridized carbons (Fsp3) is 0.412. The number of rotatable bonds is 4. The van der Waals surface area contributed by atoms with Crippen LogP contribution in [0.15, 0.2) is 24.3 Å². The van der Waals surface area contributed by atoms with Crippen LogP contribution >= 0.6 is 23.6 Å². The van der Waals surface area contributed by atoms with E-state index in [9.17, 15) is 0 Å². The number of nitrogens with one attached hydrogen (secondary N) is 2. The highest BCUT2D eigenvalue weighted by Crippen LogP contribution is 2.32. The highest BCUT2D eigenvalue weighted by atomic mass is 32.1. The zero-order valence-electron chi connectivity index (χ0n) is 13.4. The third kappa shape index (κ3) is 4.20. The number of ether oxygens (including phenoxy) is 1. The van der Waals surface area contributed by atoms with Gasteiger partial charge in [-0.3, -0.25) is 0 Å². The zero-order valence-corrected chi connectivity index (χ0v) is 15.0. The Balaban J connectivity index is 1.59. The fourth-order valence-corrected chi connectivity index (χ4v) is 4.11. The number of fused-ring (bicyclic) bond motifs is 1. The van der Waals surface area contributed by atoms with Crippen LogP contribution < -0.4 is 15.4 Å². The van der Waals surface area contributed by atoms with E-state index in [-0.39, 0.29) is 0 Å². The van der Waals surface area contributed by atoms with Gasteiger partial charge in [-0.1, -0.05) is 6.92 Å². The van der Waals surface area contributed by atoms with Gasteiger partial charge in [-0.15, -0.1) is 11.3 Å². The Kier molecular flexibility index (Phi) is 5.13. The van der Waals surface area contributed by atoms with Gasteiger partial charge in [0.15, 0.2) is 10.2 Å². The van der Waals surface area contributed by atoms with Gasteiger partial charge in [0.2, 0.25) is 0 Å². The number of aromatic nitrogens is 1. The molecule has 0 saturated heterocycles. The Morgan fingerprint density at radius 1 is 1.35 bits per heavy atom. The van der Waals surface area contributed by atoms with Crippen molar-refractivity contribution in [3.8, 4) is 5.75 Å². The number of anilines is 2. The van der Waals surface area contributed by atoms with E-state index in [4.69, 9.17) is 17.0 Å². The molecule has 1 aliphatic rings. The molecule has 1 atom stereocenters. The predicted octanol–water partition coefficient (Wildman–Crippen LogP) is 4.48. The fourth-order valence-electron chi connectivity index (χ4n) is 2.65. The lowest BCUT2D eigenvalue weighted by Gasteiger charge is -2.15. The van der Waals surface area contributed by atoms with Crippen molar-refractivity contribution in [3.63, 3.8) is 0 Å². The first-order valence-electron chi connectivity index (χ1n) is 7.93. The lowest BCUT2D eigenvalue weighted by molar-refractivity contribution is 0.340. The molecule has 4 nitrogen and oxygen atoms in total. The third-order valence-corrected chi connectivity index (χ3v) is 5.07. The van der Waals surface area contributed by atoms with E-state index in [1.165, 1.54) is 17.0 Å². The van der Waals surface area contributed by atoms with Gasteiger partial charge in [0.05, 0.1) is 12.3 Å². The Labute approximate surface area is 146 Å². The molecule has 6 heteroatoms. The molecular weight excluding hydrogens is 326 g/mol. The maximum absolute atomic E-state index is 5.43. The Bertz CT molecular complexity index is 682. The third-order valence-electron chi connectivity index (χ3n) is 3.83. The van der Waals surface area contributed by atoms with Crippen LogP contribution in [0.2, 0.25) is 0 Å². The van der Waals surface area contributed by atoms with Crippen molar-refractivity contribution in [1.29, 1.82) is 0 Å². The van der Waals surface area contributed by atoms with Gasteiger partial charge in [0, 0.05) is 10.6 Å². The standard InChI is InChI=1S/C17H21N3OS2/c1-3-21-13-7-5-12(6-8-13)18-16(22)20-17-19-14-9-4-11(2)10-15(14)23-17/h5-8,11H,3-4,9-10H2,1-2H3,(H2,18,19,20,22). The van der Waals surface area contributed by atoms with Crippen molar-refractivity contribution in [2.75, 3.05) is 17.2 Å². The van der Waals surface area contributed by atoms with Crippen molar-refractivity contribution in [3.05, 3.63) is 34.8 Å². The molecule has 2 N–H and O–H groups in total. The van der Waals surface area contributed by atoms with Crippen molar-refractivity contribution in [2.45, 2.75) is 33.1 Å². The maximum atomic E-state index is 5.43. The predicted molar refractivity (Wildman–Crippen MR) is 101 cm³/mol. The van der Waals surface area contributed by atoms with Crippen molar-refractivity contribution in [2.24, 2.45) is 5.92 Å². The molecule has 0 spiro atoms. The van der Waals surface area contributed by atoms with Gasteiger partial charge in [-0.05, 0) is 68.6 Å². The molecule has 1 aliphatic carbocycles. The number of thiocarbonyl (C=S) groups is 1.